The quantitative estimate of drug-likeness (QED) is 0.240. The Balaban J connectivity index is 1.59. The van der Waals surface area contributed by atoms with E-state index in [2.05, 4.69) is 18.1 Å². The predicted octanol–water partition coefficient (Wildman–Crippen LogP) is 1.62. The Morgan fingerprint density at radius 1 is 1.10 bits per heavy atom. The largest absolute Gasteiger partial charge is 0.396 e. The maximum atomic E-state index is 14.4. The molecule has 2 bridgehead atoms. The van der Waals surface area contributed by atoms with Crippen molar-refractivity contribution in [3.63, 3.8) is 0 Å². The van der Waals surface area contributed by atoms with Gasteiger partial charge in [0.25, 0.3) is 0 Å². The molecule has 0 aliphatic carbocycles. The number of aliphatic hydroxyl groups excluding tert-OH is 1. The molecule has 2 unspecified atom stereocenters. The zero-order chi connectivity index (χ0) is 28.0. The molecule has 4 fully saturated rings. The van der Waals surface area contributed by atoms with E-state index in [-0.39, 0.29) is 29.6 Å². The number of likely N-dealkylation sites (N-methyl/N-ethyl adjacent to an activating group) is 1. The number of aliphatic hydroxyl groups is 1. The third kappa shape index (κ3) is 6.09. The third-order valence-electron chi connectivity index (χ3n) is 8.86. The summed E-state index contributed by atoms with van der Waals surface area (Å²) < 4.78 is 4.90. The predicted molar refractivity (Wildman–Crippen MR) is 153 cm³/mol. The Morgan fingerprint density at radius 2 is 1.82 bits per heavy atom. The van der Waals surface area contributed by atoms with Gasteiger partial charge in [0.05, 0.1) is 29.8 Å². The van der Waals surface area contributed by atoms with E-state index in [4.69, 9.17) is 9.84 Å². The van der Waals surface area contributed by atoms with Crippen LogP contribution in [0.25, 0.3) is 0 Å². The van der Waals surface area contributed by atoms with Gasteiger partial charge in [-0.05, 0) is 25.7 Å². The van der Waals surface area contributed by atoms with Gasteiger partial charge >= 0.3 is 0 Å². The molecular formula is C29H46N4O5S. The SMILES string of the molecule is C=CCN(C)C(=O)[C@@H]1[C@@H]2CCC3(S2)C(C(=O)N(CC=C)CCN2CCOCC2)N(CCCCCCO)C(=O)[C@H]13. The number of hydrogen-bond donors (Lipinski definition) is 1. The maximum absolute atomic E-state index is 14.4. The highest BCUT2D eigenvalue weighted by Crippen LogP contribution is 2.66. The van der Waals surface area contributed by atoms with E-state index in [0.29, 0.717) is 39.4 Å². The van der Waals surface area contributed by atoms with Gasteiger partial charge in [0, 0.05) is 64.7 Å². The van der Waals surface area contributed by atoms with Crippen LogP contribution in [-0.2, 0) is 19.1 Å². The van der Waals surface area contributed by atoms with Crippen molar-refractivity contribution in [2.75, 3.05) is 72.7 Å². The molecule has 4 aliphatic heterocycles. The molecule has 9 nitrogen and oxygen atoms in total. The van der Waals surface area contributed by atoms with Crippen LogP contribution in [0, 0.1) is 11.8 Å². The molecular weight excluding hydrogens is 516 g/mol. The number of fused-ring (bicyclic) bond motifs is 1. The number of carbonyl (C=O) groups excluding carboxylic acids is 3. The molecule has 4 rings (SSSR count). The average Bonchev–Trinajstić information content (AvgIpc) is 3.58. The Kier molecular flexibility index (Phi) is 10.5. The lowest BCUT2D eigenvalue weighted by molar-refractivity contribution is -0.144. The van der Waals surface area contributed by atoms with Crippen LogP contribution in [0.15, 0.2) is 25.3 Å². The van der Waals surface area contributed by atoms with Gasteiger partial charge in [-0.25, -0.2) is 0 Å². The second-order valence-corrected chi connectivity index (χ2v) is 12.9. The van der Waals surface area contributed by atoms with Crippen molar-refractivity contribution < 1.29 is 24.2 Å². The lowest BCUT2D eigenvalue weighted by Crippen LogP contribution is -2.56. The van der Waals surface area contributed by atoms with Crippen LogP contribution in [0.3, 0.4) is 0 Å². The van der Waals surface area contributed by atoms with E-state index in [1.165, 1.54) is 0 Å². The van der Waals surface area contributed by atoms with Crippen molar-refractivity contribution in [1.82, 2.24) is 19.6 Å². The highest BCUT2D eigenvalue weighted by atomic mass is 32.2. The van der Waals surface area contributed by atoms with Crippen LogP contribution < -0.4 is 0 Å². The molecule has 3 amide bonds. The molecule has 4 aliphatic rings. The summed E-state index contributed by atoms with van der Waals surface area (Å²) in [4.78, 5) is 49.8. The van der Waals surface area contributed by atoms with E-state index in [1.807, 2.05) is 9.80 Å². The van der Waals surface area contributed by atoms with Crippen LogP contribution in [0.1, 0.15) is 38.5 Å². The number of carbonyl (C=O) groups is 3. The highest BCUT2D eigenvalue weighted by Gasteiger charge is 2.73. The zero-order valence-corrected chi connectivity index (χ0v) is 24.3. The topological polar surface area (TPSA) is 93.6 Å². The summed E-state index contributed by atoms with van der Waals surface area (Å²) in [6.07, 6.45) is 8.37. The number of likely N-dealkylation sites (tertiary alicyclic amines) is 1. The van der Waals surface area contributed by atoms with E-state index >= 15 is 0 Å². The van der Waals surface area contributed by atoms with Crippen LogP contribution in [0.5, 0.6) is 0 Å². The molecule has 218 valence electrons. The van der Waals surface area contributed by atoms with E-state index < -0.39 is 22.6 Å². The molecule has 4 saturated heterocycles. The van der Waals surface area contributed by atoms with Crippen molar-refractivity contribution in [3.05, 3.63) is 25.3 Å². The number of morpholine rings is 1. The van der Waals surface area contributed by atoms with Gasteiger partial charge < -0.3 is 24.5 Å². The number of unbranched alkanes of at least 4 members (excludes halogenated alkanes) is 3. The van der Waals surface area contributed by atoms with Gasteiger partial charge in [-0.2, -0.15) is 0 Å². The van der Waals surface area contributed by atoms with Gasteiger partial charge in [-0.15, -0.1) is 24.9 Å². The molecule has 4 heterocycles. The Hall–Kier alpha value is -1.88. The molecule has 1 N–H and O–H groups in total. The Labute approximate surface area is 237 Å². The second kappa shape index (κ2) is 13.7. The number of amides is 3. The van der Waals surface area contributed by atoms with E-state index in [0.717, 1.165) is 58.2 Å². The van der Waals surface area contributed by atoms with Gasteiger partial charge in [0.15, 0.2) is 0 Å². The van der Waals surface area contributed by atoms with Crippen LogP contribution in [-0.4, -0.2) is 131 Å². The lowest BCUT2D eigenvalue weighted by Gasteiger charge is -2.38. The Morgan fingerprint density at radius 3 is 2.51 bits per heavy atom. The molecule has 0 radical (unpaired) electrons. The van der Waals surface area contributed by atoms with Crippen LogP contribution in [0.2, 0.25) is 0 Å². The zero-order valence-electron chi connectivity index (χ0n) is 23.5. The van der Waals surface area contributed by atoms with Crippen LogP contribution >= 0.6 is 11.8 Å². The molecule has 1 spiro atoms. The maximum Gasteiger partial charge on any atom is 0.247 e. The number of hydrogen-bond acceptors (Lipinski definition) is 7. The molecule has 39 heavy (non-hydrogen) atoms. The van der Waals surface area contributed by atoms with Crippen LogP contribution in [0.4, 0.5) is 0 Å². The van der Waals surface area contributed by atoms with Gasteiger partial charge in [0.1, 0.15) is 6.04 Å². The Bertz CT molecular complexity index is 912. The molecule has 10 heteroatoms. The van der Waals surface area contributed by atoms with E-state index in [9.17, 15) is 14.4 Å². The fraction of sp³-hybridized carbons (Fsp3) is 0.759. The summed E-state index contributed by atoms with van der Waals surface area (Å²) in [6, 6.07) is -0.574. The third-order valence-corrected chi connectivity index (χ3v) is 10.8. The number of thioether (sulfide) groups is 1. The minimum atomic E-state index is -0.574. The fourth-order valence-electron chi connectivity index (χ4n) is 6.95. The van der Waals surface area contributed by atoms with Crippen molar-refractivity contribution >= 4 is 29.5 Å². The van der Waals surface area contributed by atoms with Crippen molar-refractivity contribution in [2.24, 2.45) is 11.8 Å². The average molecular weight is 563 g/mol. The molecule has 0 saturated carbocycles. The minimum Gasteiger partial charge on any atom is -0.396 e. The first-order chi connectivity index (χ1) is 18.9. The number of nitrogens with zero attached hydrogens (tertiary/aromatic N) is 4. The molecule has 0 aromatic heterocycles. The van der Waals surface area contributed by atoms with Crippen molar-refractivity contribution in [1.29, 1.82) is 0 Å². The smallest absolute Gasteiger partial charge is 0.247 e. The number of ether oxygens (including phenoxy) is 1. The van der Waals surface area contributed by atoms with Crippen molar-refractivity contribution in [3.8, 4) is 0 Å². The number of rotatable bonds is 15. The summed E-state index contributed by atoms with van der Waals surface area (Å²) in [5.41, 5.74) is 0. The summed E-state index contributed by atoms with van der Waals surface area (Å²) in [7, 11) is 1.77. The summed E-state index contributed by atoms with van der Waals surface area (Å²) in [5.74, 6) is -0.953. The summed E-state index contributed by atoms with van der Waals surface area (Å²) in [5, 5.41) is 9.21. The van der Waals surface area contributed by atoms with Gasteiger partial charge in [-0.3, -0.25) is 19.3 Å². The van der Waals surface area contributed by atoms with E-state index in [1.54, 1.807) is 35.9 Å². The standard InChI is InChI=1S/C29H46N4O5S/c1-4-12-30(3)26(35)23-22-10-11-29(39-22)24(23)27(36)33(14-8-6-7-9-19-34)25(29)28(37)32(13-5-2)16-15-31-17-20-38-21-18-31/h4-5,22-25,34H,1-2,6-21H2,3H3/t22-,23+,24-,25?,29?/m0/s1. The van der Waals surface area contributed by atoms with Crippen molar-refractivity contribution in [2.45, 2.75) is 54.6 Å². The summed E-state index contributed by atoms with van der Waals surface area (Å²) in [6.45, 7) is 13.6. The molecule has 0 aromatic rings. The van der Waals surface area contributed by atoms with Gasteiger partial charge in [-0.1, -0.05) is 25.0 Å². The minimum absolute atomic E-state index is 0.0152. The normalized spacial score (nSPS) is 29.9. The van der Waals surface area contributed by atoms with Gasteiger partial charge in [0.2, 0.25) is 17.7 Å². The monoisotopic (exact) mass is 562 g/mol. The highest BCUT2D eigenvalue weighted by molar-refractivity contribution is 8.02. The molecule has 5 atom stereocenters. The first-order valence-electron chi connectivity index (χ1n) is 14.5. The first-order valence-corrected chi connectivity index (χ1v) is 15.4. The molecule has 0 aromatic carbocycles. The lowest BCUT2D eigenvalue weighted by atomic mass is 9.70. The first kappa shape index (κ1) is 30.1. The second-order valence-electron chi connectivity index (χ2n) is 11.3. The fourth-order valence-corrected chi connectivity index (χ4v) is 9.15. The summed E-state index contributed by atoms with van der Waals surface area (Å²) >= 11 is 1.73.